The largest absolute Gasteiger partial charge is 0.497 e. The van der Waals surface area contributed by atoms with Crippen LogP contribution in [0.15, 0.2) is 77.7 Å². The lowest BCUT2D eigenvalue weighted by Gasteiger charge is -2.20. The molecular formula is C25H20ClN3O3. The normalized spacial score (nSPS) is 14.9. The maximum absolute atomic E-state index is 13.5. The first-order chi connectivity index (χ1) is 15.6. The number of rotatable bonds is 6. The number of aromatic nitrogens is 2. The Morgan fingerprint density at radius 2 is 1.94 bits per heavy atom. The number of carbonyl (C=O) groups excluding carboxylic acids is 1. The van der Waals surface area contributed by atoms with Crippen molar-refractivity contribution in [1.29, 1.82) is 0 Å². The Morgan fingerprint density at radius 1 is 1.16 bits per heavy atom. The third-order valence-corrected chi connectivity index (χ3v) is 5.89. The van der Waals surface area contributed by atoms with Crippen molar-refractivity contribution < 1.29 is 13.9 Å². The molecule has 160 valence electrons. The zero-order chi connectivity index (χ0) is 22.1. The molecule has 4 aromatic rings. The summed E-state index contributed by atoms with van der Waals surface area (Å²) in [6, 6.07) is 17.2. The van der Waals surface area contributed by atoms with E-state index in [1.54, 1.807) is 31.6 Å². The van der Waals surface area contributed by atoms with E-state index in [0.717, 1.165) is 22.4 Å². The van der Waals surface area contributed by atoms with E-state index in [4.69, 9.17) is 20.8 Å². The summed E-state index contributed by atoms with van der Waals surface area (Å²) in [6.07, 6.45) is 4.75. The minimum absolute atomic E-state index is 0.0813. The molecule has 2 aromatic heterocycles. The molecule has 5 rings (SSSR count). The summed E-state index contributed by atoms with van der Waals surface area (Å²) in [5.41, 5.74) is 4.14. The van der Waals surface area contributed by atoms with Crippen LogP contribution in [0, 0.1) is 0 Å². The molecule has 1 aliphatic heterocycles. The number of hydrogen-bond donors (Lipinski definition) is 0. The van der Waals surface area contributed by atoms with Crippen LogP contribution >= 0.6 is 11.6 Å². The highest BCUT2D eigenvalue weighted by molar-refractivity contribution is 6.30. The Labute approximate surface area is 190 Å². The number of ketones is 1. The Bertz CT molecular complexity index is 1260. The molecule has 0 aliphatic carbocycles. The minimum atomic E-state index is -0.372. The van der Waals surface area contributed by atoms with Gasteiger partial charge in [-0.1, -0.05) is 23.7 Å². The molecule has 0 saturated heterocycles. The molecule has 0 spiro atoms. The van der Waals surface area contributed by atoms with Crippen LogP contribution in [0.1, 0.15) is 27.5 Å². The van der Waals surface area contributed by atoms with Gasteiger partial charge in [0.1, 0.15) is 17.7 Å². The van der Waals surface area contributed by atoms with E-state index in [0.29, 0.717) is 35.4 Å². The second-order valence-electron chi connectivity index (χ2n) is 7.62. The van der Waals surface area contributed by atoms with E-state index in [-0.39, 0.29) is 11.7 Å². The van der Waals surface area contributed by atoms with Gasteiger partial charge in [-0.05, 0) is 53.6 Å². The fourth-order valence-corrected chi connectivity index (χ4v) is 4.15. The molecule has 0 N–H and O–H groups in total. The van der Waals surface area contributed by atoms with Gasteiger partial charge >= 0.3 is 0 Å². The van der Waals surface area contributed by atoms with Gasteiger partial charge < -0.3 is 14.1 Å². The van der Waals surface area contributed by atoms with Crippen molar-refractivity contribution >= 4 is 23.1 Å². The summed E-state index contributed by atoms with van der Waals surface area (Å²) in [5.74, 6) is 0.662. The number of methoxy groups -OCH3 is 1. The van der Waals surface area contributed by atoms with Gasteiger partial charge in [0.25, 0.3) is 0 Å². The number of Topliss-reactive ketones (excluding diaryl/α,β-unsaturated/α-hetero) is 1. The van der Waals surface area contributed by atoms with Crippen LogP contribution in [0.5, 0.6) is 5.75 Å². The second kappa shape index (κ2) is 8.48. The number of oxazole rings is 1. The number of nitrogens with zero attached hydrogens (tertiary/aromatic N) is 3. The average Bonchev–Trinajstić information content (AvgIpc) is 3.46. The molecule has 0 bridgehead atoms. The molecule has 0 fully saturated rings. The molecule has 2 aromatic carbocycles. The molecule has 6 nitrogen and oxygen atoms in total. The first-order valence-electron chi connectivity index (χ1n) is 10.2. The number of fused-ring (bicyclic) bond motifs is 1. The van der Waals surface area contributed by atoms with E-state index in [1.165, 1.54) is 6.26 Å². The van der Waals surface area contributed by atoms with Crippen molar-refractivity contribution in [3.05, 3.63) is 95.1 Å². The van der Waals surface area contributed by atoms with Crippen LogP contribution in [0.25, 0.3) is 11.5 Å². The van der Waals surface area contributed by atoms with Crippen LogP contribution in [0.4, 0.5) is 5.69 Å². The fraction of sp³-hybridized carbons (Fsp3) is 0.160. The summed E-state index contributed by atoms with van der Waals surface area (Å²) in [4.78, 5) is 24.1. The van der Waals surface area contributed by atoms with Crippen molar-refractivity contribution in [3.8, 4) is 17.2 Å². The molecule has 3 heterocycles. The van der Waals surface area contributed by atoms with Gasteiger partial charge in [0, 0.05) is 41.8 Å². The SMILES string of the molecule is COc1ccc2c(c1)C(C(=O)c1coc(-c3ccncc3)n1)CN2Cc1ccc(Cl)cc1. The summed E-state index contributed by atoms with van der Waals surface area (Å²) in [7, 11) is 1.62. The van der Waals surface area contributed by atoms with Crippen LogP contribution in [0.3, 0.4) is 0 Å². The Balaban J connectivity index is 1.45. The monoisotopic (exact) mass is 445 g/mol. The molecule has 7 heteroatoms. The van der Waals surface area contributed by atoms with E-state index >= 15 is 0 Å². The molecular weight excluding hydrogens is 426 g/mol. The molecule has 1 unspecified atom stereocenters. The number of pyridine rings is 1. The van der Waals surface area contributed by atoms with Crippen molar-refractivity contribution in [1.82, 2.24) is 9.97 Å². The number of ether oxygens (including phenoxy) is 1. The van der Waals surface area contributed by atoms with Crippen molar-refractivity contribution in [3.63, 3.8) is 0 Å². The predicted molar refractivity (Wildman–Crippen MR) is 122 cm³/mol. The minimum Gasteiger partial charge on any atom is -0.497 e. The van der Waals surface area contributed by atoms with Gasteiger partial charge in [-0.25, -0.2) is 4.98 Å². The Morgan fingerprint density at radius 3 is 2.69 bits per heavy atom. The highest BCUT2D eigenvalue weighted by Gasteiger charge is 2.35. The van der Waals surface area contributed by atoms with E-state index < -0.39 is 0 Å². The first kappa shape index (κ1) is 20.3. The summed E-state index contributed by atoms with van der Waals surface area (Å²) < 4.78 is 11.0. The number of carbonyl (C=O) groups is 1. The topological polar surface area (TPSA) is 68.5 Å². The van der Waals surface area contributed by atoms with Gasteiger partial charge in [-0.3, -0.25) is 9.78 Å². The fourth-order valence-electron chi connectivity index (χ4n) is 4.02. The average molecular weight is 446 g/mol. The summed E-state index contributed by atoms with van der Waals surface area (Å²) in [5, 5.41) is 0.699. The molecule has 1 aliphatic rings. The van der Waals surface area contributed by atoms with Gasteiger partial charge in [0.05, 0.1) is 13.0 Å². The van der Waals surface area contributed by atoms with Crippen LogP contribution in [-0.4, -0.2) is 29.4 Å². The van der Waals surface area contributed by atoms with E-state index in [1.807, 2.05) is 42.5 Å². The highest BCUT2D eigenvalue weighted by Crippen LogP contribution is 2.41. The lowest BCUT2D eigenvalue weighted by Crippen LogP contribution is -2.24. The maximum atomic E-state index is 13.5. The van der Waals surface area contributed by atoms with Crippen molar-refractivity contribution in [2.45, 2.75) is 12.5 Å². The third-order valence-electron chi connectivity index (χ3n) is 5.64. The zero-order valence-corrected chi connectivity index (χ0v) is 18.1. The quantitative estimate of drug-likeness (QED) is 0.371. The Hall–Kier alpha value is -3.64. The van der Waals surface area contributed by atoms with E-state index in [2.05, 4.69) is 14.9 Å². The maximum Gasteiger partial charge on any atom is 0.226 e. The molecule has 0 amide bonds. The summed E-state index contributed by atoms with van der Waals surface area (Å²) >= 11 is 6.03. The first-order valence-corrected chi connectivity index (χ1v) is 10.6. The number of benzene rings is 2. The smallest absolute Gasteiger partial charge is 0.226 e. The third kappa shape index (κ3) is 3.85. The predicted octanol–water partition coefficient (Wildman–Crippen LogP) is 5.39. The zero-order valence-electron chi connectivity index (χ0n) is 17.4. The Kier molecular flexibility index (Phi) is 5.37. The van der Waals surface area contributed by atoms with Crippen LogP contribution < -0.4 is 9.64 Å². The van der Waals surface area contributed by atoms with Gasteiger partial charge in [-0.2, -0.15) is 0 Å². The van der Waals surface area contributed by atoms with Crippen LogP contribution in [0.2, 0.25) is 5.02 Å². The second-order valence-corrected chi connectivity index (χ2v) is 8.06. The lowest BCUT2D eigenvalue weighted by atomic mass is 9.95. The van der Waals surface area contributed by atoms with Crippen molar-refractivity contribution in [2.24, 2.45) is 0 Å². The molecule has 32 heavy (non-hydrogen) atoms. The number of anilines is 1. The van der Waals surface area contributed by atoms with Crippen LogP contribution in [-0.2, 0) is 6.54 Å². The van der Waals surface area contributed by atoms with Gasteiger partial charge in [0.15, 0.2) is 5.78 Å². The lowest BCUT2D eigenvalue weighted by molar-refractivity contribution is 0.0960. The number of hydrogen-bond acceptors (Lipinski definition) is 6. The standard InChI is InChI=1S/C25H20ClN3O3/c1-31-19-6-7-23-20(12-19)21(14-29(23)13-16-2-4-18(26)5-3-16)24(30)22-15-32-25(28-22)17-8-10-27-11-9-17/h2-12,15,21H,13-14H2,1H3. The van der Waals surface area contributed by atoms with Crippen molar-refractivity contribution in [2.75, 3.05) is 18.6 Å². The van der Waals surface area contributed by atoms with Gasteiger partial charge in [-0.15, -0.1) is 0 Å². The molecule has 0 saturated carbocycles. The number of halogens is 1. The van der Waals surface area contributed by atoms with E-state index in [9.17, 15) is 4.79 Å². The van der Waals surface area contributed by atoms with Gasteiger partial charge in [0.2, 0.25) is 5.89 Å². The summed E-state index contributed by atoms with van der Waals surface area (Å²) in [6.45, 7) is 1.21. The molecule has 0 radical (unpaired) electrons. The molecule has 1 atom stereocenters. The highest BCUT2D eigenvalue weighted by atomic mass is 35.5.